The van der Waals surface area contributed by atoms with Crippen LogP contribution in [0.1, 0.15) is 36.4 Å². The Hall–Kier alpha value is -0.360. The molecule has 2 rings (SSSR count). The zero-order chi connectivity index (χ0) is 13.2. The molecule has 1 aromatic heterocycles. The topological polar surface area (TPSA) is 59.2 Å². The summed E-state index contributed by atoms with van der Waals surface area (Å²) in [7, 11) is 1.85. The maximum atomic E-state index is 12.5. The quantitative estimate of drug-likeness (QED) is 0.917. The van der Waals surface area contributed by atoms with Crippen molar-refractivity contribution in [3.8, 4) is 0 Å². The number of hydrogen-bond acceptors (Lipinski definition) is 4. The van der Waals surface area contributed by atoms with Gasteiger partial charge in [0.2, 0.25) is 5.91 Å². The van der Waals surface area contributed by atoms with Crippen LogP contribution in [0, 0.1) is 12.3 Å². The molecule has 0 unspecified atom stereocenters. The lowest BCUT2D eigenvalue weighted by Gasteiger charge is -2.30. The number of nitrogens with zero attached hydrogens (tertiary/aromatic N) is 2. The van der Waals surface area contributed by atoms with Gasteiger partial charge >= 0.3 is 0 Å². The minimum atomic E-state index is -0.306. The number of nitrogens with two attached hydrogens (primary N) is 1. The number of rotatable bonds is 4. The first-order valence-corrected chi connectivity index (χ1v) is 7.32. The van der Waals surface area contributed by atoms with Gasteiger partial charge in [0.05, 0.1) is 22.7 Å². The van der Waals surface area contributed by atoms with Crippen molar-refractivity contribution in [1.82, 2.24) is 9.88 Å². The van der Waals surface area contributed by atoms with E-state index in [1.54, 1.807) is 16.2 Å². The zero-order valence-corrected chi connectivity index (χ0v) is 14.4. The SMILES string of the molecule is Cc1nc(CN(C)C(=O)C2(CN)CCCC2)cs1.Cl.Cl. The molecule has 0 saturated heterocycles. The lowest BCUT2D eigenvalue weighted by molar-refractivity contribution is -0.140. The van der Waals surface area contributed by atoms with E-state index in [9.17, 15) is 4.79 Å². The van der Waals surface area contributed by atoms with E-state index in [-0.39, 0.29) is 36.1 Å². The molecule has 1 saturated carbocycles. The number of aromatic nitrogens is 1. The van der Waals surface area contributed by atoms with Crippen LogP contribution in [0.2, 0.25) is 0 Å². The highest BCUT2D eigenvalue weighted by Crippen LogP contribution is 2.38. The fourth-order valence-corrected chi connectivity index (χ4v) is 3.36. The second-order valence-corrected chi connectivity index (χ2v) is 6.27. The summed E-state index contributed by atoms with van der Waals surface area (Å²) in [6.45, 7) is 3.03. The molecule has 116 valence electrons. The molecule has 1 aliphatic carbocycles. The number of thiazole rings is 1. The van der Waals surface area contributed by atoms with Crippen molar-refractivity contribution in [3.63, 3.8) is 0 Å². The van der Waals surface area contributed by atoms with Crippen LogP contribution in [0.3, 0.4) is 0 Å². The first kappa shape index (κ1) is 19.6. The molecule has 1 heterocycles. The van der Waals surface area contributed by atoms with Crippen LogP contribution in [-0.2, 0) is 11.3 Å². The third kappa shape index (κ3) is 4.07. The van der Waals surface area contributed by atoms with E-state index in [0.29, 0.717) is 13.1 Å². The van der Waals surface area contributed by atoms with Gasteiger partial charge in [0.1, 0.15) is 0 Å². The monoisotopic (exact) mass is 339 g/mol. The average molecular weight is 340 g/mol. The molecule has 0 aromatic carbocycles. The molecule has 0 radical (unpaired) electrons. The van der Waals surface area contributed by atoms with E-state index >= 15 is 0 Å². The van der Waals surface area contributed by atoms with E-state index < -0.39 is 0 Å². The van der Waals surface area contributed by atoms with E-state index in [1.807, 2.05) is 19.4 Å². The van der Waals surface area contributed by atoms with Crippen LogP contribution in [0.15, 0.2) is 5.38 Å². The Labute approximate surface area is 137 Å². The van der Waals surface area contributed by atoms with Crippen LogP contribution in [-0.4, -0.2) is 29.4 Å². The fraction of sp³-hybridized carbons (Fsp3) is 0.692. The summed E-state index contributed by atoms with van der Waals surface area (Å²) in [6.07, 6.45) is 4.10. The first-order valence-electron chi connectivity index (χ1n) is 6.44. The van der Waals surface area contributed by atoms with Gasteiger partial charge in [0.25, 0.3) is 0 Å². The smallest absolute Gasteiger partial charge is 0.230 e. The molecule has 1 amide bonds. The molecule has 0 spiro atoms. The van der Waals surface area contributed by atoms with Crippen molar-refractivity contribution < 1.29 is 4.79 Å². The molecule has 0 aliphatic heterocycles. The van der Waals surface area contributed by atoms with E-state index in [0.717, 1.165) is 36.4 Å². The summed E-state index contributed by atoms with van der Waals surface area (Å²) < 4.78 is 0. The van der Waals surface area contributed by atoms with Crippen LogP contribution in [0.5, 0.6) is 0 Å². The maximum absolute atomic E-state index is 12.5. The highest BCUT2D eigenvalue weighted by molar-refractivity contribution is 7.09. The Bertz CT molecular complexity index is 433. The molecule has 0 bridgehead atoms. The molecular weight excluding hydrogens is 317 g/mol. The van der Waals surface area contributed by atoms with Crippen molar-refractivity contribution in [3.05, 3.63) is 16.1 Å². The van der Waals surface area contributed by atoms with E-state index in [1.165, 1.54) is 0 Å². The number of hydrogen-bond donors (Lipinski definition) is 1. The van der Waals surface area contributed by atoms with Crippen LogP contribution in [0.4, 0.5) is 0 Å². The molecule has 1 fully saturated rings. The highest BCUT2D eigenvalue weighted by Gasteiger charge is 2.41. The van der Waals surface area contributed by atoms with Crippen molar-refractivity contribution in [2.45, 2.75) is 39.2 Å². The normalized spacial score (nSPS) is 16.1. The van der Waals surface area contributed by atoms with Crippen LogP contribution in [0.25, 0.3) is 0 Å². The van der Waals surface area contributed by atoms with Gasteiger partial charge in [0.15, 0.2) is 0 Å². The Morgan fingerprint density at radius 3 is 2.50 bits per heavy atom. The molecule has 7 heteroatoms. The molecule has 0 atom stereocenters. The van der Waals surface area contributed by atoms with Crippen molar-refractivity contribution >= 4 is 42.1 Å². The Kier molecular flexibility index (Phi) is 8.03. The molecule has 20 heavy (non-hydrogen) atoms. The summed E-state index contributed by atoms with van der Waals surface area (Å²) in [5.74, 6) is 0.188. The van der Waals surface area contributed by atoms with Gasteiger partial charge in [-0.25, -0.2) is 4.98 Å². The second-order valence-electron chi connectivity index (χ2n) is 5.21. The standard InChI is InChI=1S/C13H21N3OS.2ClH/c1-10-15-11(8-18-10)7-16(2)12(17)13(9-14)5-3-4-6-13;;/h8H,3-7,9,14H2,1-2H3;2*1H. The lowest BCUT2D eigenvalue weighted by Crippen LogP contribution is -2.44. The number of carbonyl (C=O) groups excluding carboxylic acids is 1. The lowest BCUT2D eigenvalue weighted by atomic mass is 9.85. The van der Waals surface area contributed by atoms with Gasteiger partial charge in [-0.3, -0.25) is 4.79 Å². The fourth-order valence-electron chi connectivity index (χ4n) is 2.76. The zero-order valence-electron chi connectivity index (χ0n) is 11.9. The minimum absolute atomic E-state index is 0. The second kappa shape index (κ2) is 8.17. The molecule has 4 nitrogen and oxygen atoms in total. The van der Waals surface area contributed by atoms with Gasteiger partial charge in [0, 0.05) is 19.0 Å². The first-order chi connectivity index (χ1) is 8.57. The summed E-state index contributed by atoms with van der Waals surface area (Å²) in [6, 6.07) is 0. The van der Waals surface area contributed by atoms with Gasteiger partial charge in [-0.1, -0.05) is 12.8 Å². The number of carbonyl (C=O) groups is 1. The maximum Gasteiger partial charge on any atom is 0.230 e. The Balaban J connectivity index is 0.00000180. The number of aryl methyl sites for hydroxylation is 1. The molecule has 2 N–H and O–H groups in total. The van der Waals surface area contributed by atoms with Crippen LogP contribution < -0.4 is 5.73 Å². The average Bonchev–Trinajstić information content (AvgIpc) is 2.98. The summed E-state index contributed by atoms with van der Waals surface area (Å²) in [4.78, 5) is 18.7. The molecule has 1 aromatic rings. The van der Waals surface area contributed by atoms with Gasteiger partial charge in [-0.2, -0.15) is 0 Å². The third-order valence-electron chi connectivity index (χ3n) is 3.82. The van der Waals surface area contributed by atoms with E-state index in [2.05, 4.69) is 4.98 Å². The van der Waals surface area contributed by atoms with Gasteiger partial charge in [-0.15, -0.1) is 36.2 Å². The third-order valence-corrected chi connectivity index (χ3v) is 4.64. The molecular formula is C13H23Cl2N3OS. The predicted octanol–water partition coefficient (Wildman–Crippen LogP) is 2.77. The summed E-state index contributed by atoms with van der Waals surface area (Å²) >= 11 is 1.62. The minimum Gasteiger partial charge on any atom is -0.339 e. The van der Waals surface area contributed by atoms with Crippen molar-refractivity contribution in [1.29, 1.82) is 0 Å². The Morgan fingerprint density at radius 1 is 1.45 bits per heavy atom. The number of amides is 1. The van der Waals surface area contributed by atoms with Crippen LogP contribution >= 0.6 is 36.2 Å². The Morgan fingerprint density at radius 2 is 2.05 bits per heavy atom. The molecule has 1 aliphatic rings. The predicted molar refractivity (Wildman–Crippen MR) is 87.8 cm³/mol. The van der Waals surface area contributed by atoms with Crippen molar-refractivity contribution in [2.24, 2.45) is 11.1 Å². The number of halogens is 2. The van der Waals surface area contributed by atoms with Gasteiger partial charge < -0.3 is 10.6 Å². The highest BCUT2D eigenvalue weighted by atomic mass is 35.5. The van der Waals surface area contributed by atoms with Crippen molar-refractivity contribution in [2.75, 3.05) is 13.6 Å². The largest absolute Gasteiger partial charge is 0.339 e. The van der Waals surface area contributed by atoms with Gasteiger partial charge in [-0.05, 0) is 19.8 Å². The summed E-state index contributed by atoms with van der Waals surface area (Å²) in [5.41, 5.74) is 6.51. The van der Waals surface area contributed by atoms with E-state index in [4.69, 9.17) is 5.73 Å². The summed E-state index contributed by atoms with van der Waals surface area (Å²) in [5, 5.41) is 3.06.